The van der Waals surface area contributed by atoms with Crippen molar-refractivity contribution < 1.29 is 38.4 Å². The summed E-state index contributed by atoms with van der Waals surface area (Å²) in [6.45, 7) is 0.0834. The number of carbonyl (C=O) groups is 2. The molecule has 35 heavy (non-hydrogen) atoms. The zero-order chi connectivity index (χ0) is 24.2. The molecule has 3 unspecified atom stereocenters. The Balaban J connectivity index is 1.38. The van der Waals surface area contributed by atoms with E-state index in [2.05, 4.69) is 0 Å². The van der Waals surface area contributed by atoms with Gasteiger partial charge in [0, 0.05) is 5.56 Å². The van der Waals surface area contributed by atoms with E-state index in [4.69, 9.17) is 23.7 Å². The number of aliphatic hydroxyl groups is 1. The Morgan fingerprint density at radius 2 is 1.29 bits per heavy atom. The van der Waals surface area contributed by atoms with Crippen LogP contribution in [-0.4, -0.2) is 54.4 Å². The van der Waals surface area contributed by atoms with Gasteiger partial charge >= 0.3 is 11.9 Å². The van der Waals surface area contributed by atoms with Gasteiger partial charge in [0.25, 0.3) is 0 Å². The maximum Gasteiger partial charge on any atom is 0.340 e. The van der Waals surface area contributed by atoms with Gasteiger partial charge in [-0.2, -0.15) is 0 Å². The standard InChI is InChI=1S/C27H24O8/c28-21-22-20(16-31-26(34-22)19-14-8-3-9-15-19)32-27(35-25(30)18-12-6-2-7-13-18)23(21)33-24(29)17-10-4-1-5-11-17/h1-15,20-23,26-28H,16H2/t20?,21-,22-,23?,26?,27-/m0/s1. The Morgan fingerprint density at radius 1 is 0.743 bits per heavy atom. The monoisotopic (exact) mass is 476 g/mol. The van der Waals surface area contributed by atoms with Crippen LogP contribution in [0.5, 0.6) is 0 Å². The smallest absolute Gasteiger partial charge is 0.340 e. The number of fused-ring (bicyclic) bond motifs is 1. The molecule has 2 heterocycles. The highest BCUT2D eigenvalue weighted by Crippen LogP contribution is 2.35. The molecule has 0 amide bonds. The highest BCUT2D eigenvalue weighted by Gasteiger charge is 2.52. The van der Waals surface area contributed by atoms with Crippen LogP contribution < -0.4 is 0 Å². The van der Waals surface area contributed by atoms with Gasteiger partial charge in [0.15, 0.2) is 12.4 Å². The summed E-state index contributed by atoms with van der Waals surface area (Å²) in [6, 6.07) is 25.9. The topological polar surface area (TPSA) is 101 Å². The molecule has 0 aromatic heterocycles. The summed E-state index contributed by atoms with van der Waals surface area (Å²) >= 11 is 0. The van der Waals surface area contributed by atoms with Gasteiger partial charge in [0.1, 0.15) is 18.3 Å². The van der Waals surface area contributed by atoms with E-state index < -0.39 is 48.9 Å². The molecule has 0 aliphatic carbocycles. The minimum absolute atomic E-state index is 0.0834. The van der Waals surface area contributed by atoms with Crippen LogP contribution in [0.3, 0.4) is 0 Å². The first-order valence-corrected chi connectivity index (χ1v) is 11.3. The van der Waals surface area contributed by atoms with Gasteiger partial charge in [-0.05, 0) is 24.3 Å². The number of rotatable bonds is 5. The van der Waals surface area contributed by atoms with Crippen molar-refractivity contribution in [3.05, 3.63) is 108 Å². The third-order valence-corrected chi connectivity index (χ3v) is 5.87. The summed E-state index contributed by atoms with van der Waals surface area (Å²) in [5.41, 5.74) is 1.35. The average Bonchev–Trinajstić information content (AvgIpc) is 2.92. The molecule has 2 aliphatic heterocycles. The molecule has 8 heteroatoms. The van der Waals surface area contributed by atoms with Gasteiger partial charge in [-0.25, -0.2) is 9.59 Å². The molecule has 0 saturated carbocycles. The molecule has 0 radical (unpaired) electrons. The quantitative estimate of drug-likeness (QED) is 0.560. The largest absolute Gasteiger partial charge is 0.449 e. The molecular formula is C27H24O8. The number of hydrogen-bond acceptors (Lipinski definition) is 8. The van der Waals surface area contributed by atoms with E-state index in [1.165, 1.54) is 0 Å². The van der Waals surface area contributed by atoms with Crippen molar-refractivity contribution in [2.75, 3.05) is 6.61 Å². The SMILES string of the molecule is O=C(OC1[C@H](OC(=O)c2ccccc2)OC2COC(c3ccccc3)O[C@@H]2[C@@H]1O)c1ccccc1. The van der Waals surface area contributed by atoms with E-state index in [1.807, 2.05) is 30.3 Å². The first-order valence-electron chi connectivity index (χ1n) is 11.3. The minimum atomic E-state index is -1.37. The fourth-order valence-corrected chi connectivity index (χ4v) is 4.08. The van der Waals surface area contributed by atoms with E-state index in [-0.39, 0.29) is 12.2 Å². The van der Waals surface area contributed by atoms with Gasteiger partial charge in [-0.15, -0.1) is 0 Å². The van der Waals surface area contributed by atoms with Crippen molar-refractivity contribution in [3.63, 3.8) is 0 Å². The molecule has 5 rings (SSSR count). The van der Waals surface area contributed by atoms with Gasteiger partial charge in [-0.1, -0.05) is 66.7 Å². The number of aliphatic hydroxyl groups excluding tert-OH is 1. The lowest BCUT2D eigenvalue weighted by molar-refractivity contribution is -0.352. The lowest BCUT2D eigenvalue weighted by Gasteiger charge is -2.46. The predicted octanol–water partition coefficient (Wildman–Crippen LogP) is 3.27. The maximum absolute atomic E-state index is 12.8. The van der Waals surface area contributed by atoms with Crippen LogP contribution in [0, 0.1) is 0 Å². The second kappa shape index (κ2) is 10.4. The van der Waals surface area contributed by atoms with Crippen LogP contribution in [0.2, 0.25) is 0 Å². The van der Waals surface area contributed by atoms with Crippen molar-refractivity contribution in [2.24, 2.45) is 0 Å². The summed E-state index contributed by atoms with van der Waals surface area (Å²) in [6.07, 6.45) is -6.40. The van der Waals surface area contributed by atoms with Crippen LogP contribution in [0.25, 0.3) is 0 Å². The molecule has 0 spiro atoms. The summed E-state index contributed by atoms with van der Waals surface area (Å²) < 4.78 is 28.9. The van der Waals surface area contributed by atoms with Crippen molar-refractivity contribution in [1.82, 2.24) is 0 Å². The second-order valence-corrected chi connectivity index (χ2v) is 8.22. The number of hydrogen-bond donors (Lipinski definition) is 1. The summed E-state index contributed by atoms with van der Waals surface area (Å²) in [5.74, 6) is -1.37. The molecule has 2 fully saturated rings. The first kappa shape index (κ1) is 23.2. The van der Waals surface area contributed by atoms with Gasteiger partial charge in [0.2, 0.25) is 6.29 Å². The predicted molar refractivity (Wildman–Crippen MR) is 122 cm³/mol. The van der Waals surface area contributed by atoms with Crippen LogP contribution in [0.15, 0.2) is 91.0 Å². The maximum atomic E-state index is 12.8. The Morgan fingerprint density at radius 3 is 1.89 bits per heavy atom. The van der Waals surface area contributed by atoms with E-state index >= 15 is 0 Å². The Hall–Kier alpha value is -3.56. The van der Waals surface area contributed by atoms with Crippen LogP contribution in [-0.2, 0) is 23.7 Å². The lowest BCUT2D eigenvalue weighted by Crippen LogP contribution is -2.63. The summed E-state index contributed by atoms with van der Waals surface area (Å²) in [7, 11) is 0. The van der Waals surface area contributed by atoms with Crippen molar-refractivity contribution in [2.45, 2.75) is 37.0 Å². The molecule has 180 valence electrons. The van der Waals surface area contributed by atoms with Gasteiger partial charge < -0.3 is 28.8 Å². The van der Waals surface area contributed by atoms with Crippen LogP contribution >= 0.6 is 0 Å². The number of benzene rings is 3. The zero-order valence-electron chi connectivity index (χ0n) is 18.6. The average molecular weight is 476 g/mol. The molecule has 2 saturated heterocycles. The van der Waals surface area contributed by atoms with E-state index in [0.29, 0.717) is 5.56 Å². The number of carbonyl (C=O) groups excluding carboxylic acids is 2. The molecule has 0 bridgehead atoms. The highest BCUT2D eigenvalue weighted by molar-refractivity contribution is 5.90. The fraction of sp³-hybridized carbons (Fsp3) is 0.259. The van der Waals surface area contributed by atoms with Crippen LogP contribution in [0.4, 0.5) is 0 Å². The normalized spacial score (nSPS) is 27.9. The van der Waals surface area contributed by atoms with E-state index in [9.17, 15) is 14.7 Å². The number of esters is 2. The second-order valence-electron chi connectivity index (χ2n) is 8.22. The first-order chi connectivity index (χ1) is 17.1. The summed E-state index contributed by atoms with van der Waals surface area (Å²) in [5, 5.41) is 11.2. The molecular weight excluding hydrogens is 452 g/mol. The fourth-order valence-electron chi connectivity index (χ4n) is 4.08. The molecule has 1 N–H and O–H groups in total. The lowest BCUT2D eigenvalue weighted by atomic mass is 9.97. The van der Waals surface area contributed by atoms with E-state index in [1.54, 1.807) is 60.7 Å². The van der Waals surface area contributed by atoms with Crippen molar-refractivity contribution in [1.29, 1.82) is 0 Å². The van der Waals surface area contributed by atoms with Crippen molar-refractivity contribution in [3.8, 4) is 0 Å². The molecule has 8 nitrogen and oxygen atoms in total. The molecule has 3 aromatic rings. The van der Waals surface area contributed by atoms with Crippen molar-refractivity contribution >= 4 is 11.9 Å². The molecule has 6 atom stereocenters. The zero-order valence-corrected chi connectivity index (χ0v) is 18.6. The van der Waals surface area contributed by atoms with Crippen LogP contribution in [0.1, 0.15) is 32.6 Å². The number of ether oxygens (including phenoxy) is 5. The third kappa shape index (κ3) is 5.11. The van der Waals surface area contributed by atoms with E-state index in [0.717, 1.165) is 5.56 Å². The molecule has 2 aliphatic rings. The Bertz CT molecular complexity index is 1140. The minimum Gasteiger partial charge on any atom is -0.449 e. The van der Waals surface area contributed by atoms with Gasteiger partial charge in [0.05, 0.1) is 17.7 Å². The Labute approximate surface area is 202 Å². The molecule has 3 aromatic carbocycles. The highest BCUT2D eigenvalue weighted by atomic mass is 16.8. The summed E-state index contributed by atoms with van der Waals surface area (Å²) in [4.78, 5) is 25.5. The Kier molecular flexibility index (Phi) is 6.87. The third-order valence-electron chi connectivity index (χ3n) is 5.87. The van der Waals surface area contributed by atoms with Gasteiger partial charge in [-0.3, -0.25) is 0 Å².